The third-order valence-electron chi connectivity index (χ3n) is 3.43. The van der Waals surface area contributed by atoms with Crippen molar-refractivity contribution in [3.8, 4) is 0 Å². The Morgan fingerprint density at radius 2 is 2.04 bits per heavy atom. The first-order valence-electron chi connectivity index (χ1n) is 6.82. The molecule has 0 saturated carbocycles. The summed E-state index contributed by atoms with van der Waals surface area (Å²) in [5, 5.41) is 7.23. The lowest BCUT2D eigenvalue weighted by Crippen LogP contribution is -2.43. The van der Waals surface area contributed by atoms with Gasteiger partial charge in [0, 0.05) is 12.6 Å². The molecule has 23 heavy (non-hydrogen) atoms. The van der Waals surface area contributed by atoms with Crippen LogP contribution in [0.4, 0.5) is 4.39 Å². The molecule has 0 bridgehead atoms. The quantitative estimate of drug-likeness (QED) is 0.781. The van der Waals surface area contributed by atoms with Gasteiger partial charge in [-0.15, -0.1) is 5.10 Å². The lowest BCUT2D eigenvalue weighted by atomic mass is 9.92. The molecule has 0 radical (unpaired) electrons. The summed E-state index contributed by atoms with van der Waals surface area (Å²) >= 11 is 0. The van der Waals surface area contributed by atoms with Crippen LogP contribution in [0, 0.1) is 0 Å². The number of hydrogen-bond donors (Lipinski definition) is 2. The van der Waals surface area contributed by atoms with Crippen LogP contribution < -0.4 is 10.9 Å². The molecule has 2 amide bonds. The molecule has 2 aromatic rings. The van der Waals surface area contributed by atoms with Gasteiger partial charge in [0.05, 0.1) is 19.4 Å². The molecular weight excluding hydrogens is 305 g/mol. The number of aromatic nitrogens is 3. The van der Waals surface area contributed by atoms with Gasteiger partial charge in [-0.1, -0.05) is 17.3 Å². The van der Waals surface area contributed by atoms with E-state index in [9.17, 15) is 14.0 Å². The standard InChI is InChI=1S/C14H14FN5O3/c1-20-6-11(16-19-20)13(22)18-17-12(21)9-3-2-4-10(5-9)14(15)7-23-8-14/h2-6H,7-8H2,1H3,(H,17,21)(H,18,22). The van der Waals surface area contributed by atoms with Crippen LogP contribution in [0.15, 0.2) is 30.5 Å². The van der Waals surface area contributed by atoms with Crippen molar-refractivity contribution in [1.29, 1.82) is 0 Å². The number of hydrogen-bond acceptors (Lipinski definition) is 5. The number of nitrogens with one attached hydrogen (secondary N) is 2. The summed E-state index contributed by atoms with van der Waals surface area (Å²) < 4.78 is 20.5. The Morgan fingerprint density at radius 1 is 1.30 bits per heavy atom. The van der Waals surface area contributed by atoms with Gasteiger partial charge in [-0.25, -0.2) is 4.39 Å². The zero-order chi connectivity index (χ0) is 16.4. The predicted molar refractivity (Wildman–Crippen MR) is 76.0 cm³/mol. The van der Waals surface area contributed by atoms with Crippen LogP contribution in [0.25, 0.3) is 0 Å². The van der Waals surface area contributed by atoms with E-state index in [4.69, 9.17) is 4.74 Å². The highest BCUT2D eigenvalue weighted by atomic mass is 19.1. The molecule has 2 heterocycles. The maximum Gasteiger partial charge on any atom is 0.291 e. The van der Waals surface area contributed by atoms with Crippen LogP contribution in [0.2, 0.25) is 0 Å². The highest BCUT2D eigenvalue weighted by Crippen LogP contribution is 2.33. The number of ether oxygens (including phenoxy) is 1. The number of halogens is 1. The van der Waals surface area contributed by atoms with Crippen LogP contribution in [0.3, 0.4) is 0 Å². The Morgan fingerprint density at radius 3 is 2.65 bits per heavy atom. The molecule has 120 valence electrons. The summed E-state index contributed by atoms with van der Waals surface area (Å²) in [5.74, 6) is -1.16. The molecule has 3 rings (SSSR count). The molecule has 1 aliphatic heterocycles. The van der Waals surface area contributed by atoms with Crippen LogP contribution in [-0.2, 0) is 17.5 Å². The number of rotatable bonds is 3. The lowest BCUT2D eigenvalue weighted by Gasteiger charge is -2.34. The number of amides is 2. The summed E-state index contributed by atoms with van der Waals surface area (Å²) in [5.41, 5.74) is 3.58. The van der Waals surface area contributed by atoms with Gasteiger partial charge in [-0.2, -0.15) is 0 Å². The fourth-order valence-corrected chi connectivity index (χ4v) is 2.09. The van der Waals surface area contributed by atoms with E-state index in [0.29, 0.717) is 5.56 Å². The number of nitrogens with zero attached hydrogens (tertiary/aromatic N) is 3. The number of aryl methyl sites for hydroxylation is 1. The van der Waals surface area contributed by atoms with Crippen molar-refractivity contribution in [3.05, 3.63) is 47.3 Å². The van der Waals surface area contributed by atoms with Crippen LogP contribution in [-0.4, -0.2) is 40.0 Å². The Bertz CT molecular complexity index is 756. The molecule has 1 aromatic carbocycles. The van der Waals surface area contributed by atoms with Gasteiger partial charge < -0.3 is 4.74 Å². The fourth-order valence-electron chi connectivity index (χ4n) is 2.09. The fraction of sp³-hybridized carbons (Fsp3) is 0.286. The van der Waals surface area contributed by atoms with Gasteiger partial charge in [-0.05, 0) is 17.7 Å². The first kappa shape index (κ1) is 15.1. The van der Waals surface area contributed by atoms with Gasteiger partial charge in [0.25, 0.3) is 11.8 Å². The van der Waals surface area contributed by atoms with Crippen molar-refractivity contribution in [3.63, 3.8) is 0 Å². The smallest absolute Gasteiger partial charge is 0.291 e. The van der Waals surface area contributed by atoms with Crippen molar-refractivity contribution in [2.45, 2.75) is 5.67 Å². The minimum atomic E-state index is -1.56. The third-order valence-corrected chi connectivity index (χ3v) is 3.43. The molecule has 8 nitrogen and oxygen atoms in total. The summed E-state index contributed by atoms with van der Waals surface area (Å²) in [7, 11) is 1.62. The normalized spacial score (nSPS) is 15.6. The van der Waals surface area contributed by atoms with Crippen LogP contribution in [0.5, 0.6) is 0 Å². The Hall–Kier alpha value is -2.81. The van der Waals surface area contributed by atoms with E-state index in [0.717, 1.165) is 0 Å². The number of carbonyl (C=O) groups excluding carboxylic acids is 2. The molecule has 0 spiro atoms. The molecule has 1 aliphatic rings. The van der Waals surface area contributed by atoms with Gasteiger partial charge in [-0.3, -0.25) is 25.1 Å². The zero-order valence-corrected chi connectivity index (χ0v) is 12.2. The molecule has 1 saturated heterocycles. The van der Waals surface area contributed by atoms with E-state index in [2.05, 4.69) is 21.2 Å². The van der Waals surface area contributed by atoms with E-state index in [1.165, 1.54) is 23.0 Å². The minimum Gasteiger partial charge on any atom is -0.374 e. The number of carbonyl (C=O) groups is 2. The molecule has 1 fully saturated rings. The van der Waals surface area contributed by atoms with Crippen molar-refractivity contribution < 1.29 is 18.7 Å². The first-order valence-corrected chi connectivity index (χ1v) is 6.82. The molecule has 0 aliphatic carbocycles. The van der Waals surface area contributed by atoms with E-state index in [-0.39, 0.29) is 24.5 Å². The van der Waals surface area contributed by atoms with Gasteiger partial charge in [0.15, 0.2) is 11.4 Å². The minimum absolute atomic E-state index is 0.0263. The maximum atomic E-state index is 14.3. The predicted octanol–water partition coefficient (Wildman–Crippen LogP) is 0.0849. The lowest BCUT2D eigenvalue weighted by molar-refractivity contribution is -0.135. The topological polar surface area (TPSA) is 98.1 Å². The van der Waals surface area contributed by atoms with Crippen LogP contribution in [0.1, 0.15) is 26.4 Å². The molecule has 9 heteroatoms. The largest absolute Gasteiger partial charge is 0.374 e. The summed E-state index contributed by atoms with van der Waals surface area (Å²) in [6.45, 7) is -0.0526. The molecule has 0 atom stereocenters. The van der Waals surface area contributed by atoms with Gasteiger partial charge >= 0.3 is 0 Å². The average molecular weight is 319 g/mol. The third kappa shape index (κ3) is 3.04. The van der Waals surface area contributed by atoms with Gasteiger partial charge in [0.1, 0.15) is 0 Å². The highest BCUT2D eigenvalue weighted by molar-refractivity contribution is 5.98. The second-order valence-electron chi connectivity index (χ2n) is 5.22. The molecule has 1 aromatic heterocycles. The summed E-state index contributed by atoms with van der Waals surface area (Å²) in [4.78, 5) is 23.8. The van der Waals surface area contributed by atoms with Gasteiger partial charge in [0.2, 0.25) is 0 Å². The summed E-state index contributed by atoms with van der Waals surface area (Å²) in [6, 6.07) is 6.13. The second kappa shape index (κ2) is 5.76. The average Bonchev–Trinajstić information content (AvgIpc) is 2.96. The Balaban J connectivity index is 1.64. The second-order valence-corrected chi connectivity index (χ2v) is 5.22. The maximum absolute atomic E-state index is 14.3. The number of benzene rings is 1. The van der Waals surface area contributed by atoms with E-state index >= 15 is 0 Å². The van der Waals surface area contributed by atoms with Crippen molar-refractivity contribution in [2.24, 2.45) is 7.05 Å². The zero-order valence-electron chi connectivity index (χ0n) is 12.2. The van der Waals surface area contributed by atoms with E-state index < -0.39 is 17.5 Å². The monoisotopic (exact) mass is 319 g/mol. The van der Waals surface area contributed by atoms with Crippen LogP contribution >= 0.6 is 0 Å². The Labute approximate surface area is 130 Å². The number of alkyl halides is 1. The summed E-state index contributed by atoms with van der Waals surface area (Å²) in [6.07, 6.45) is 1.41. The number of hydrazine groups is 1. The van der Waals surface area contributed by atoms with E-state index in [1.54, 1.807) is 19.2 Å². The SMILES string of the molecule is Cn1cc(C(=O)NNC(=O)c2cccc(C3(F)COC3)c2)nn1. The van der Waals surface area contributed by atoms with E-state index in [1.807, 2.05) is 0 Å². The van der Waals surface area contributed by atoms with Crippen molar-refractivity contribution in [1.82, 2.24) is 25.8 Å². The first-order chi connectivity index (χ1) is 11.0. The highest BCUT2D eigenvalue weighted by Gasteiger charge is 2.40. The molecule has 2 N–H and O–H groups in total. The molecule has 0 unspecified atom stereocenters. The van der Waals surface area contributed by atoms with Crippen molar-refractivity contribution >= 4 is 11.8 Å². The Kier molecular flexibility index (Phi) is 3.78. The molecular formula is C14H14FN5O3. The van der Waals surface area contributed by atoms with Crippen molar-refractivity contribution in [2.75, 3.05) is 13.2 Å².